The van der Waals surface area contributed by atoms with Crippen molar-refractivity contribution in [1.29, 1.82) is 0 Å². The zero-order valence-corrected chi connectivity index (χ0v) is 9.71. The molecular weight excluding hydrogens is 180 g/mol. The topological polar surface area (TPSA) is 18.5 Å². The molecule has 13 heavy (non-hydrogen) atoms. The fourth-order valence-electron chi connectivity index (χ4n) is 1.89. The molecule has 2 nitrogen and oxygen atoms in total. The molecule has 0 bridgehead atoms. The van der Waals surface area contributed by atoms with Crippen LogP contribution < -0.4 is 0 Å². The van der Waals surface area contributed by atoms with Crippen LogP contribution in [-0.2, 0) is 8.85 Å². The maximum Gasteiger partial charge on any atom is 0.475 e. The first-order valence-corrected chi connectivity index (χ1v) is 6.56. The highest BCUT2D eigenvalue weighted by molar-refractivity contribution is 6.54. The van der Waals surface area contributed by atoms with Gasteiger partial charge in [-0.3, -0.25) is 0 Å². The Morgan fingerprint density at radius 2 is 1.54 bits per heavy atom. The molecule has 0 unspecified atom stereocenters. The summed E-state index contributed by atoms with van der Waals surface area (Å²) in [7, 11) is 2.42. The van der Waals surface area contributed by atoms with E-state index in [2.05, 4.69) is 5.67 Å². The summed E-state index contributed by atoms with van der Waals surface area (Å²) in [5.41, 5.74) is 2.32. The summed E-state index contributed by atoms with van der Waals surface area (Å²) in [5.74, 6) is 0.747. The van der Waals surface area contributed by atoms with Crippen molar-refractivity contribution < 1.29 is 8.85 Å². The molecule has 0 aromatic rings. The molecule has 0 spiro atoms. The van der Waals surface area contributed by atoms with Crippen LogP contribution in [0.4, 0.5) is 0 Å². The summed E-state index contributed by atoms with van der Waals surface area (Å²) in [4.78, 5) is 0. The average Bonchev–Trinajstić information content (AvgIpc) is 2.42. The lowest BCUT2D eigenvalue weighted by Crippen LogP contribution is -2.17. The minimum Gasteiger partial charge on any atom is -0.526 e. The second-order valence-corrected chi connectivity index (χ2v) is 5.43. The predicted octanol–water partition coefficient (Wildman–Crippen LogP) is 2.12. The van der Waals surface area contributed by atoms with Crippen LogP contribution in [0.2, 0.25) is 0 Å². The molecule has 0 atom stereocenters. The number of hydrogen-bond acceptors (Lipinski definition) is 2. The Bertz CT molecular complexity index is 154. The maximum atomic E-state index is 5.27. The normalized spacial score (nSPS) is 18.9. The van der Waals surface area contributed by atoms with E-state index >= 15 is 0 Å². The molecule has 76 valence electrons. The van der Waals surface area contributed by atoms with E-state index in [1.807, 2.05) is 0 Å². The third kappa shape index (κ3) is 3.94. The molecule has 0 radical (unpaired) electrons. The first kappa shape index (κ1) is 10.8. The molecule has 1 rings (SSSR count). The van der Waals surface area contributed by atoms with Gasteiger partial charge >= 0.3 is 8.90 Å². The van der Waals surface area contributed by atoms with Gasteiger partial charge in [-0.15, -0.1) is 0 Å². The third-order valence-electron chi connectivity index (χ3n) is 2.67. The standard InChI is InChI=1S/C10H20O2Si/c1-11-13(12-2)9-10-7-5-3-4-6-8-10/h9-10H,3-8H2,1-2H3. The Balaban J connectivity index is 2.43. The minimum absolute atomic E-state index is 0.747. The van der Waals surface area contributed by atoms with Crippen molar-refractivity contribution >= 4 is 14.6 Å². The lowest BCUT2D eigenvalue weighted by molar-refractivity contribution is 0.302. The molecule has 1 aliphatic carbocycles. The molecule has 0 heterocycles. The van der Waals surface area contributed by atoms with E-state index in [9.17, 15) is 0 Å². The fraction of sp³-hybridized carbons (Fsp3) is 0.900. The SMILES string of the molecule is CO[Si](=CC1CCCCCC1)OC. The van der Waals surface area contributed by atoms with Crippen LogP contribution in [0, 0.1) is 5.92 Å². The maximum absolute atomic E-state index is 5.27. The summed E-state index contributed by atoms with van der Waals surface area (Å²) < 4.78 is 10.5. The van der Waals surface area contributed by atoms with Crippen molar-refractivity contribution in [1.82, 2.24) is 0 Å². The van der Waals surface area contributed by atoms with Gasteiger partial charge in [0, 0.05) is 0 Å². The Labute approximate surface area is 82.7 Å². The van der Waals surface area contributed by atoms with Gasteiger partial charge in [-0.25, -0.2) is 0 Å². The van der Waals surface area contributed by atoms with Crippen molar-refractivity contribution in [2.24, 2.45) is 5.92 Å². The van der Waals surface area contributed by atoms with Gasteiger partial charge in [0.15, 0.2) is 0 Å². The largest absolute Gasteiger partial charge is 0.526 e. The average molecular weight is 200 g/mol. The van der Waals surface area contributed by atoms with Gasteiger partial charge in [0.1, 0.15) is 0 Å². The van der Waals surface area contributed by atoms with E-state index < -0.39 is 8.90 Å². The van der Waals surface area contributed by atoms with Crippen molar-refractivity contribution in [2.75, 3.05) is 14.2 Å². The lowest BCUT2D eigenvalue weighted by atomic mass is 10.0. The molecule has 1 aliphatic rings. The summed E-state index contributed by atoms with van der Waals surface area (Å²) in [6.07, 6.45) is 8.24. The highest BCUT2D eigenvalue weighted by Crippen LogP contribution is 2.21. The van der Waals surface area contributed by atoms with Gasteiger partial charge < -0.3 is 8.85 Å². The van der Waals surface area contributed by atoms with E-state index in [1.165, 1.54) is 38.5 Å². The molecule has 0 aromatic carbocycles. The zero-order chi connectivity index (χ0) is 9.52. The summed E-state index contributed by atoms with van der Waals surface area (Å²) in [6, 6.07) is 0. The Hall–Kier alpha value is -0.313. The van der Waals surface area contributed by atoms with E-state index in [0.29, 0.717) is 0 Å². The van der Waals surface area contributed by atoms with Crippen LogP contribution in [-0.4, -0.2) is 28.8 Å². The van der Waals surface area contributed by atoms with Crippen molar-refractivity contribution in [3.05, 3.63) is 0 Å². The quantitative estimate of drug-likeness (QED) is 0.513. The Morgan fingerprint density at radius 1 is 1.00 bits per heavy atom. The van der Waals surface area contributed by atoms with E-state index in [0.717, 1.165) is 5.92 Å². The summed E-state index contributed by atoms with van der Waals surface area (Å²) in [6.45, 7) is 0. The highest BCUT2D eigenvalue weighted by atomic mass is 28.3. The van der Waals surface area contributed by atoms with Crippen molar-refractivity contribution in [2.45, 2.75) is 38.5 Å². The van der Waals surface area contributed by atoms with Crippen molar-refractivity contribution in [3.63, 3.8) is 0 Å². The monoisotopic (exact) mass is 200 g/mol. The summed E-state index contributed by atoms with van der Waals surface area (Å²) >= 11 is 0. The van der Waals surface area contributed by atoms with Crippen LogP contribution in [0.5, 0.6) is 0 Å². The molecule has 0 aromatic heterocycles. The van der Waals surface area contributed by atoms with E-state index in [-0.39, 0.29) is 0 Å². The smallest absolute Gasteiger partial charge is 0.475 e. The zero-order valence-electron chi connectivity index (χ0n) is 8.71. The van der Waals surface area contributed by atoms with Gasteiger partial charge in [-0.05, 0) is 24.4 Å². The minimum atomic E-state index is -1.06. The fourth-order valence-corrected chi connectivity index (χ4v) is 3.05. The number of rotatable bonds is 3. The van der Waals surface area contributed by atoms with Gasteiger partial charge in [-0.2, -0.15) is 0 Å². The van der Waals surface area contributed by atoms with Gasteiger partial charge in [0.2, 0.25) is 0 Å². The van der Waals surface area contributed by atoms with E-state index in [1.54, 1.807) is 14.2 Å². The predicted molar refractivity (Wildman–Crippen MR) is 57.0 cm³/mol. The van der Waals surface area contributed by atoms with Crippen LogP contribution in [0.1, 0.15) is 38.5 Å². The molecule has 1 saturated carbocycles. The van der Waals surface area contributed by atoms with Gasteiger partial charge in [0.25, 0.3) is 0 Å². The second-order valence-electron chi connectivity index (χ2n) is 3.65. The highest BCUT2D eigenvalue weighted by Gasteiger charge is 2.12. The second kappa shape index (κ2) is 6.19. The molecule has 1 fully saturated rings. The van der Waals surface area contributed by atoms with Gasteiger partial charge in [-0.1, -0.05) is 25.7 Å². The van der Waals surface area contributed by atoms with Crippen LogP contribution in [0.25, 0.3) is 0 Å². The Kier molecular flexibility index (Phi) is 5.12. The lowest BCUT2D eigenvalue weighted by Gasteiger charge is -2.09. The van der Waals surface area contributed by atoms with Crippen LogP contribution in [0.3, 0.4) is 0 Å². The molecule has 0 saturated heterocycles. The first-order chi connectivity index (χ1) is 6.36. The van der Waals surface area contributed by atoms with Crippen LogP contribution >= 0.6 is 0 Å². The molecular formula is C10H20O2Si. The Morgan fingerprint density at radius 3 is 2.00 bits per heavy atom. The molecule has 0 amide bonds. The van der Waals surface area contributed by atoms with Crippen molar-refractivity contribution in [3.8, 4) is 0 Å². The molecule has 0 N–H and O–H groups in total. The summed E-state index contributed by atoms with van der Waals surface area (Å²) in [5, 5.41) is 0. The first-order valence-electron chi connectivity index (χ1n) is 5.16. The molecule has 3 heteroatoms. The third-order valence-corrected chi connectivity index (χ3v) is 4.22. The van der Waals surface area contributed by atoms with E-state index in [4.69, 9.17) is 8.85 Å². The van der Waals surface area contributed by atoms with Gasteiger partial charge in [0.05, 0.1) is 14.2 Å². The number of hydrogen-bond donors (Lipinski definition) is 0. The van der Waals surface area contributed by atoms with Crippen LogP contribution in [0.15, 0.2) is 0 Å². The molecule has 0 aliphatic heterocycles.